The molecule has 1 unspecified atom stereocenters. The van der Waals surface area contributed by atoms with Gasteiger partial charge in [0.25, 0.3) is 0 Å². The summed E-state index contributed by atoms with van der Waals surface area (Å²) in [6, 6.07) is 6.24. The van der Waals surface area contributed by atoms with E-state index in [4.69, 9.17) is 0 Å². The lowest BCUT2D eigenvalue weighted by atomic mass is 9.74. The van der Waals surface area contributed by atoms with Crippen LogP contribution in [0.3, 0.4) is 0 Å². The largest absolute Gasteiger partial charge is 0.465 e. The first-order valence-electron chi connectivity index (χ1n) is 7.25. The zero-order valence-electron chi connectivity index (χ0n) is 13.1. The molecule has 0 aliphatic carbocycles. The van der Waals surface area contributed by atoms with Crippen LogP contribution in [-0.4, -0.2) is 29.2 Å². The third-order valence-electron chi connectivity index (χ3n) is 4.35. The van der Waals surface area contributed by atoms with Gasteiger partial charge in [0.2, 0.25) is 0 Å². The molecule has 0 radical (unpaired) electrons. The van der Waals surface area contributed by atoms with Crippen molar-refractivity contribution in [2.45, 2.75) is 40.0 Å². The first-order valence-corrected chi connectivity index (χ1v) is 7.25. The number of aryl methyl sites for hydroxylation is 1. The molecule has 1 amide bonds. The Morgan fingerprint density at radius 1 is 1.43 bits per heavy atom. The van der Waals surface area contributed by atoms with Crippen molar-refractivity contribution < 1.29 is 9.90 Å². The second-order valence-electron chi connectivity index (χ2n) is 6.87. The highest BCUT2D eigenvalue weighted by Gasteiger charge is 2.33. The normalized spacial score (nSPS) is 18.6. The fourth-order valence-corrected chi connectivity index (χ4v) is 3.02. The van der Waals surface area contributed by atoms with Gasteiger partial charge in [-0.3, -0.25) is 0 Å². The number of fused-ring (bicyclic) bond motifs is 1. The van der Waals surface area contributed by atoms with Gasteiger partial charge in [0, 0.05) is 19.0 Å². The highest BCUT2D eigenvalue weighted by molar-refractivity contribution is 5.65. The van der Waals surface area contributed by atoms with E-state index in [0.717, 1.165) is 11.1 Å². The Morgan fingerprint density at radius 2 is 2.10 bits per heavy atom. The standard InChI is InChI=1S/C17H22N2O2/c1-11-7-14-12(8-13(11)9-18)5-6-19(16(20)21)10-15(14)17(2,3)4/h7-8,15H,5-6,10H2,1-4H3,(H,20,21). The summed E-state index contributed by atoms with van der Waals surface area (Å²) in [4.78, 5) is 12.9. The Labute approximate surface area is 126 Å². The molecule has 112 valence electrons. The summed E-state index contributed by atoms with van der Waals surface area (Å²) in [6.07, 6.45) is -0.197. The molecule has 21 heavy (non-hydrogen) atoms. The first kappa shape index (κ1) is 15.4. The van der Waals surface area contributed by atoms with E-state index >= 15 is 0 Å². The van der Waals surface area contributed by atoms with Gasteiger partial charge >= 0.3 is 6.09 Å². The zero-order valence-corrected chi connectivity index (χ0v) is 13.1. The average molecular weight is 286 g/mol. The van der Waals surface area contributed by atoms with E-state index in [2.05, 4.69) is 32.9 Å². The van der Waals surface area contributed by atoms with Crippen LogP contribution in [0.15, 0.2) is 12.1 Å². The summed E-state index contributed by atoms with van der Waals surface area (Å²) in [5, 5.41) is 18.6. The minimum Gasteiger partial charge on any atom is -0.465 e. The summed E-state index contributed by atoms with van der Waals surface area (Å²) >= 11 is 0. The van der Waals surface area contributed by atoms with E-state index < -0.39 is 6.09 Å². The number of nitriles is 1. The molecule has 4 nitrogen and oxygen atoms in total. The van der Waals surface area contributed by atoms with Crippen LogP contribution in [0.1, 0.15) is 48.9 Å². The molecule has 1 aliphatic rings. The maximum Gasteiger partial charge on any atom is 0.407 e. The van der Waals surface area contributed by atoms with Crippen molar-refractivity contribution >= 4 is 6.09 Å². The predicted octanol–water partition coefficient (Wildman–Crippen LogP) is 3.53. The van der Waals surface area contributed by atoms with Crippen molar-refractivity contribution in [1.29, 1.82) is 5.26 Å². The van der Waals surface area contributed by atoms with E-state index in [1.54, 1.807) is 0 Å². The highest BCUT2D eigenvalue weighted by Crippen LogP contribution is 2.40. The maximum atomic E-state index is 11.4. The summed E-state index contributed by atoms with van der Waals surface area (Å²) in [5.74, 6) is 0.137. The van der Waals surface area contributed by atoms with Crippen LogP contribution in [0.4, 0.5) is 4.79 Å². The molecular weight excluding hydrogens is 264 g/mol. The molecule has 0 saturated heterocycles. The molecule has 4 heteroatoms. The van der Waals surface area contributed by atoms with Gasteiger partial charge in [-0.25, -0.2) is 4.79 Å². The number of hydrogen-bond acceptors (Lipinski definition) is 2. The van der Waals surface area contributed by atoms with Gasteiger partial charge < -0.3 is 10.0 Å². The average Bonchev–Trinajstić information content (AvgIpc) is 2.56. The third-order valence-corrected chi connectivity index (χ3v) is 4.35. The Kier molecular flexibility index (Phi) is 3.95. The van der Waals surface area contributed by atoms with Crippen molar-refractivity contribution in [2.24, 2.45) is 5.41 Å². The molecule has 1 aliphatic heterocycles. The van der Waals surface area contributed by atoms with Gasteiger partial charge in [0.1, 0.15) is 0 Å². The molecular formula is C17H22N2O2. The van der Waals surface area contributed by atoms with Crippen LogP contribution in [0.5, 0.6) is 0 Å². The van der Waals surface area contributed by atoms with Crippen molar-refractivity contribution in [2.75, 3.05) is 13.1 Å². The van der Waals surface area contributed by atoms with Crippen molar-refractivity contribution in [3.05, 3.63) is 34.4 Å². The van der Waals surface area contributed by atoms with E-state index in [1.165, 1.54) is 10.5 Å². The van der Waals surface area contributed by atoms with Crippen LogP contribution < -0.4 is 0 Å². The van der Waals surface area contributed by atoms with E-state index in [0.29, 0.717) is 25.1 Å². The number of benzene rings is 1. The van der Waals surface area contributed by atoms with E-state index in [9.17, 15) is 15.2 Å². The number of rotatable bonds is 0. The third kappa shape index (κ3) is 3.02. The van der Waals surface area contributed by atoms with Gasteiger partial charge in [0.05, 0.1) is 11.6 Å². The van der Waals surface area contributed by atoms with Crippen LogP contribution >= 0.6 is 0 Å². The van der Waals surface area contributed by atoms with Crippen LogP contribution in [0.2, 0.25) is 0 Å². The number of hydrogen-bond donors (Lipinski definition) is 1. The fraction of sp³-hybridized carbons (Fsp3) is 0.529. The molecule has 1 atom stereocenters. The molecule has 2 rings (SSSR count). The lowest BCUT2D eigenvalue weighted by molar-refractivity contribution is 0.135. The second kappa shape index (κ2) is 5.40. The Hall–Kier alpha value is -2.02. The summed E-state index contributed by atoms with van der Waals surface area (Å²) in [6.45, 7) is 9.36. The monoisotopic (exact) mass is 286 g/mol. The smallest absolute Gasteiger partial charge is 0.407 e. The fourth-order valence-electron chi connectivity index (χ4n) is 3.02. The topological polar surface area (TPSA) is 64.3 Å². The van der Waals surface area contributed by atoms with Crippen molar-refractivity contribution in [1.82, 2.24) is 4.90 Å². The van der Waals surface area contributed by atoms with E-state index in [1.807, 2.05) is 13.0 Å². The van der Waals surface area contributed by atoms with Gasteiger partial charge in [-0.2, -0.15) is 5.26 Å². The lowest BCUT2D eigenvalue weighted by Crippen LogP contribution is -2.36. The maximum absolute atomic E-state index is 11.4. The molecule has 0 aromatic heterocycles. The van der Waals surface area contributed by atoms with Gasteiger partial charge in [0.15, 0.2) is 0 Å². The van der Waals surface area contributed by atoms with Crippen molar-refractivity contribution in [3.8, 4) is 6.07 Å². The number of carboxylic acid groups (broad SMARTS) is 1. The SMILES string of the molecule is Cc1cc2c(cc1C#N)CCN(C(=O)O)CC2C(C)(C)C. The molecule has 1 aromatic rings. The highest BCUT2D eigenvalue weighted by atomic mass is 16.4. The van der Waals surface area contributed by atoms with Crippen molar-refractivity contribution in [3.63, 3.8) is 0 Å². The summed E-state index contributed by atoms with van der Waals surface area (Å²) in [7, 11) is 0. The molecule has 0 bridgehead atoms. The molecule has 1 heterocycles. The minimum atomic E-state index is -0.866. The first-order chi connectivity index (χ1) is 9.74. The molecule has 0 spiro atoms. The Morgan fingerprint density at radius 3 is 2.62 bits per heavy atom. The molecule has 1 aromatic carbocycles. The number of amides is 1. The van der Waals surface area contributed by atoms with Gasteiger partial charge in [-0.1, -0.05) is 26.8 Å². The molecule has 0 fully saturated rings. The van der Waals surface area contributed by atoms with E-state index in [-0.39, 0.29) is 11.3 Å². The minimum absolute atomic E-state index is 0.0343. The van der Waals surface area contributed by atoms with Crippen LogP contribution in [0.25, 0.3) is 0 Å². The summed E-state index contributed by atoms with van der Waals surface area (Å²) < 4.78 is 0. The van der Waals surface area contributed by atoms with Gasteiger partial charge in [-0.05, 0) is 41.5 Å². The quantitative estimate of drug-likeness (QED) is 0.793. The molecule has 1 N–H and O–H groups in total. The number of carbonyl (C=O) groups is 1. The number of nitrogens with zero attached hydrogens (tertiary/aromatic N) is 2. The van der Waals surface area contributed by atoms with Gasteiger partial charge in [-0.15, -0.1) is 0 Å². The zero-order chi connectivity index (χ0) is 15.8. The lowest BCUT2D eigenvalue weighted by Gasteiger charge is -2.33. The molecule has 0 saturated carbocycles. The Bertz CT molecular complexity index is 608. The Balaban J connectivity index is 2.56. The predicted molar refractivity (Wildman–Crippen MR) is 81.4 cm³/mol. The van der Waals surface area contributed by atoms with Crippen LogP contribution in [-0.2, 0) is 6.42 Å². The van der Waals surface area contributed by atoms with Crippen LogP contribution in [0, 0.1) is 23.7 Å². The second-order valence-corrected chi connectivity index (χ2v) is 6.87. The summed E-state index contributed by atoms with van der Waals surface area (Å²) in [5.41, 5.74) is 3.93.